The summed E-state index contributed by atoms with van der Waals surface area (Å²) in [6.07, 6.45) is 3.60. The number of aliphatic hydroxyl groups excluding tert-OH is 1. The first-order valence-corrected chi connectivity index (χ1v) is 9.40. The number of nitrogens with zero attached hydrogens (tertiary/aromatic N) is 2. The minimum Gasteiger partial charge on any atom is -0.497 e. The minimum atomic E-state index is -0.105. The molecule has 136 valence electrons. The lowest BCUT2D eigenvalue weighted by molar-refractivity contribution is 0.272. The zero-order valence-electron chi connectivity index (χ0n) is 15.1. The van der Waals surface area contributed by atoms with E-state index in [0.717, 1.165) is 27.6 Å². The van der Waals surface area contributed by atoms with E-state index < -0.39 is 0 Å². The monoisotopic (exact) mass is 369 g/mol. The molecule has 2 heterocycles. The molecule has 0 amide bonds. The Bertz CT molecular complexity index is 849. The zero-order chi connectivity index (χ0) is 18.5. The molecular weight excluding hydrogens is 346 g/mol. The Morgan fingerprint density at radius 3 is 2.62 bits per heavy atom. The van der Waals surface area contributed by atoms with Crippen LogP contribution in [-0.2, 0) is 6.61 Å². The number of imidazole rings is 1. The van der Waals surface area contributed by atoms with E-state index in [0.29, 0.717) is 5.82 Å². The Morgan fingerprint density at radius 2 is 1.96 bits per heavy atom. The molecule has 1 atom stereocenters. The van der Waals surface area contributed by atoms with Gasteiger partial charge in [-0.1, -0.05) is 19.9 Å². The topological polar surface area (TPSA) is 71.0 Å². The van der Waals surface area contributed by atoms with E-state index in [1.54, 1.807) is 31.3 Å². The molecule has 26 heavy (non-hydrogen) atoms. The van der Waals surface area contributed by atoms with Crippen molar-refractivity contribution in [3.63, 3.8) is 0 Å². The van der Waals surface area contributed by atoms with Gasteiger partial charge in [0.25, 0.3) is 0 Å². The molecule has 0 saturated carbocycles. The van der Waals surface area contributed by atoms with Crippen LogP contribution in [0.4, 0.5) is 0 Å². The van der Waals surface area contributed by atoms with Crippen molar-refractivity contribution in [1.82, 2.24) is 15.0 Å². The van der Waals surface area contributed by atoms with Crippen LogP contribution < -0.4 is 4.74 Å². The Morgan fingerprint density at radius 1 is 1.19 bits per heavy atom. The molecule has 3 rings (SSSR count). The quantitative estimate of drug-likeness (QED) is 0.607. The lowest BCUT2D eigenvalue weighted by Crippen LogP contribution is -2.03. The maximum Gasteiger partial charge on any atom is 0.132 e. The SMILES string of the molecule is COc1cccc(SC(c2ccncc2)c2[nH]c(CO)nc2C(C)C)c1. The number of hydrogen-bond acceptors (Lipinski definition) is 5. The van der Waals surface area contributed by atoms with Gasteiger partial charge in [0, 0.05) is 17.3 Å². The van der Waals surface area contributed by atoms with E-state index in [-0.39, 0.29) is 17.8 Å². The number of pyridine rings is 1. The van der Waals surface area contributed by atoms with E-state index >= 15 is 0 Å². The number of aromatic amines is 1. The fourth-order valence-corrected chi connectivity index (χ4v) is 4.01. The summed E-state index contributed by atoms with van der Waals surface area (Å²) in [7, 11) is 1.67. The number of rotatable bonds is 7. The Kier molecular flexibility index (Phi) is 5.96. The molecular formula is C20H23N3O2S. The van der Waals surface area contributed by atoms with E-state index in [2.05, 4.69) is 34.9 Å². The second-order valence-corrected chi connectivity index (χ2v) is 7.43. The number of hydrogen-bond donors (Lipinski definition) is 2. The summed E-state index contributed by atoms with van der Waals surface area (Å²) in [5.74, 6) is 1.67. The molecule has 2 N–H and O–H groups in total. The van der Waals surface area contributed by atoms with Crippen LogP contribution in [0.15, 0.2) is 53.7 Å². The highest BCUT2D eigenvalue weighted by molar-refractivity contribution is 7.99. The highest BCUT2D eigenvalue weighted by atomic mass is 32.2. The lowest BCUT2D eigenvalue weighted by atomic mass is 10.0. The normalized spacial score (nSPS) is 12.3. The molecule has 0 aliphatic rings. The second-order valence-electron chi connectivity index (χ2n) is 6.25. The number of benzene rings is 1. The second kappa shape index (κ2) is 8.38. The maximum atomic E-state index is 9.54. The van der Waals surface area contributed by atoms with Gasteiger partial charge in [-0.25, -0.2) is 4.98 Å². The largest absolute Gasteiger partial charge is 0.497 e. The van der Waals surface area contributed by atoms with Gasteiger partial charge < -0.3 is 14.8 Å². The molecule has 0 aliphatic heterocycles. The van der Waals surface area contributed by atoms with Crippen molar-refractivity contribution >= 4 is 11.8 Å². The van der Waals surface area contributed by atoms with Crippen molar-refractivity contribution in [1.29, 1.82) is 0 Å². The van der Waals surface area contributed by atoms with Crippen LogP contribution in [0.2, 0.25) is 0 Å². The van der Waals surface area contributed by atoms with Gasteiger partial charge in [0.05, 0.1) is 23.7 Å². The van der Waals surface area contributed by atoms with Crippen LogP contribution in [0.25, 0.3) is 0 Å². The van der Waals surface area contributed by atoms with Gasteiger partial charge >= 0.3 is 0 Å². The first-order valence-electron chi connectivity index (χ1n) is 8.52. The molecule has 2 aromatic heterocycles. The fourth-order valence-electron chi connectivity index (χ4n) is 2.81. The Balaban J connectivity index is 2.06. The Labute approximate surface area is 157 Å². The number of ether oxygens (including phenoxy) is 1. The number of aliphatic hydroxyl groups is 1. The summed E-state index contributed by atoms with van der Waals surface area (Å²) in [5, 5.41) is 9.55. The van der Waals surface area contributed by atoms with Crippen LogP contribution in [0, 0.1) is 0 Å². The van der Waals surface area contributed by atoms with Crippen LogP contribution in [0.5, 0.6) is 5.75 Å². The first kappa shape index (κ1) is 18.5. The van der Waals surface area contributed by atoms with Crippen molar-refractivity contribution in [2.75, 3.05) is 7.11 Å². The summed E-state index contributed by atoms with van der Waals surface area (Å²) < 4.78 is 5.35. The highest BCUT2D eigenvalue weighted by Crippen LogP contribution is 2.42. The van der Waals surface area contributed by atoms with E-state index in [4.69, 9.17) is 4.74 Å². The fraction of sp³-hybridized carbons (Fsp3) is 0.300. The molecule has 3 aromatic rings. The van der Waals surface area contributed by atoms with Gasteiger partial charge in [0.2, 0.25) is 0 Å². The lowest BCUT2D eigenvalue weighted by Gasteiger charge is -2.19. The number of H-pyrrole nitrogens is 1. The number of thioether (sulfide) groups is 1. The number of methoxy groups -OCH3 is 1. The van der Waals surface area contributed by atoms with Gasteiger partial charge in [0.1, 0.15) is 18.2 Å². The molecule has 0 spiro atoms. The average molecular weight is 369 g/mol. The first-order chi connectivity index (χ1) is 12.6. The molecule has 5 nitrogen and oxygen atoms in total. The van der Waals surface area contributed by atoms with Crippen molar-refractivity contribution < 1.29 is 9.84 Å². The van der Waals surface area contributed by atoms with Gasteiger partial charge in [-0.15, -0.1) is 11.8 Å². The molecule has 1 aromatic carbocycles. The van der Waals surface area contributed by atoms with Crippen LogP contribution in [-0.4, -0.2) is 27.2 Å². The van der Waals surface area contributed by atoms with E-state index in [9.17, 15) is 5.11 Å². The molecule has 0 radical (unpaired) electrons. The molecule has 0 fully saturated rings. The predicted octanol–water partition coefficient (Wildman–Crippen LogP) is 4.31. The van der Waals surface area contributed by atoms with E-state index in [1.807, 2.05) is 30.3 Å². The average Bonchev–Trinajstić information content (AvgIpc) is 3.11. The van der Waals surface area contributed by atoms with Gasteiger partial charge in [0.15, 0.2) is 0 Å². The van der Waals surface area contributed by atoms with Gasteiger partial charge in [-0.3, -0.25) is 4.98 Å². The van der Waals surface area contributed by atoms with Crippen molar-refractivity contribution in [2.24, 2.45) is 0 Å². The Hall–Kier alpha value is -2.31. The molecule has 1 unspecified atom stereocenters. The number of aromatic nitrogens is 3. The maximum absolute atomic E-state index is 9.54. The van der Waals surface area contributed by atoms with E-state index in [1.165, 1.54) is 0 Å². The molecule has 0 aliphatic carbocycles. The predicted molar refractivity (Wildman–Crippen MR) is 104 cm³/mol. The standard InChI is InChI=1S/C20H23N3O2S/c1-13(2)18-19(23-17(12-24)22-18)20(14-7-9-21-10-8-14)26-16-6-4-5-15(11-16)25-3/h4-11,13,20,24H,12H2,1-3H3,(H,22,23). The van der Waals surface area contributed by atoms with Crippen LogP contribution in [0.3, 0.4) is 0 Å². The molecule has 0 bridgehead atoms. The third-order valence-electron chi connectivity index (χ3n) is 4.07. The van der Waals surface area contributed by atoms with Gasteiger partial charge in [-0.05, 0) is 41.8 Å². The van der Waals surface area contributed by atoms with Crippen LogP contribution >= 0.6 is 11.8 Å². The summed E-state index contributed by atoms with van der Waals surface area (Å²) >= 11 is 1.72. The summed E-state index contributed by atoms with van der Waals surface area (Å²) in [5.41, 5.74) is 3.12. The van der Waals surface area contributed by atoms with Crippen molar-refractivity contribution in [2.45, 2.75) is 36.5 Å². The molecule has 6 heteroatoms. The van der Waals surface area contributed by atoms with Crippen LogP contribution in [0.1, 0.15) is 47.8 Å². The zero-order valence-corrected chi connectivity index (χ0v) is 16.0. The van der Waals surface area contributed by atoms with Crippen molar-refractivity contribution in [3.8, 4) is 5.75 Å². The van der Waals surface area contributed by atoms with Crippen molar-refractivity contribution in [3.05, 3.63) is 71.6 Å². The smallest absolute Gasteiger partial charge is 0.132 e. The van der Waals surface area contributed by atoms with Gasteiger partial charge in [-0.2, -0.15) is 0 Å². The summed E-state index contributed by atoms with van der Waals surface area (Å²) in [4.78, 5) is 13.2. The number of nitrogens with one attached hydrogen (secondary N) is 1. The third kappa shape index (κ3) is 4.08. The highest BCUT2D eigenvalue weighted by Gasteiger charge is 2.24. The summed E-state index contributed by atoms with van der Waals surface area (Å²) in [6.45, 7) is 4.12. The summed E-state index contributed by atoms with van der Waals surface area (Å²) in [6, 6.07) is 12.0. The minimum absolute atomic E-state index is 0.00954. The third-order valence-corrected chi connectivity index (χ3v) is 5.34. The molecule has 0 saturated heterocycles.